The number of anilines is 1. The first-order valence-corrected chi connectivity index (χ1v) is 8.55. The molecule has 2 aliphatic rings. The van der Waals surface area contributed by atoms with E-state index in [9.17, 15) is 14.9 Å². The van der Waals surface area contributed by atoms with E-state index in [1.54, 1.807) is 17.0 Å². The fraction of sp³-hybridized carbons (Fsp3) is 0.588. The van der Waals surface area contributed by atoms with Crippen molar-refractivity contribution in [3.63, 3.8) is 0 Å². The monoisotopic (exact) mass is 332 g/mol. The maximum absolute atomic E-state index is 12.8. The van der Waals surface area contributed by atoms with E-state index < -0.39 is 0 Å². The number of carbonyl (C=O) groups is 1. The Balaban J connectivity index is 1.87. The van der Waals surface area contributed by atoms with Crippen molar-refractivity contribution < 1.29 is 9.72 Å². The van der Waals surface area contributed by atoms with Crippen molar-refractivity contribution in [1.82, 2.24) is 4.90 Å². The van der Waals surface area contributed by atoms with Crippen LogP contribution in [0.1, 0.15) is 36.5 Å². The summed E-state index contributed by atoms with van der Waals surface area (Å²) in [5.74, 6) is 0.164. The van der Waals surface area contributed by atoms with Crippen molar-refractivity contribution in [3.8, 4) is 0 Å². The van der Waals surface area contributed by atoms with Crippen LogP contribution >= 0.6 is 0 Å². The number of amides is 1. The first-order chi connectivity index (χ1) is 11.5. The molecule has 2 N–H and O–H groups in total. The minimum absolute atomic E-state index is 0.0185. The molecule has 7 heteroatoms. The van der Waals surface area contributed by atoms with Crippen LogP contribution in [0.4, 0.5) is 11.4 Å². The van der Waals surface area contributed by atoms with Crippen LogP contribution < -0.4 is 10.6 Å². The van der Waals surface area contributed by atoms with Crippen molar-refractivity contribution >= 4 is 17.3 Å². The summed E-state index contributed by atoms with van der Waals surface area (Å²) in [5.41, 5.74) is 6.73. The largest absolute Gasteiger partial charge is 0.366 e. The van der Waals surface area contributed by atoms with Gasteiger partial charge in [-0.25, -0.2) is 0 Å². The fourth-order valence-corrected chi connectivity index (χ4v) is 3.79. The van der Waals surface area contributed by atoms with Crippen LogP contribution in [-0.2, 0) is 0 Å². The zero-order chi connectivity index (χ0) is 17.3. The van der Waals surface area contributed by atoms with E-state index in [1.807, 2.05) is 11.8 Å². The Kier molecular flexibility index (Phi) is 4.71. The minimum Gasteiger partial charge on any atom is -0.366 e. The molecule has 2 unspecified atom stereocenters. The van der Waals surface area contributed by atoms with Crippen LogP contribution in [0.15, 0.2) is 18.2 Å². The Labute approximate surface area is 141 Å². The number of hydrogen-bond acceptors (Lipinski definition) is 5. The summed E-state index contributed by atoms with van der Waals surface area (Å²) in [7, 11) is 0. The second kappa shape index (κ2) is 6.76. The zero-order valence-electron chi connectivity index (χ0n) is 14.0. The van der Waals surface area contributed by atoms with Crippen LogP contribution in [0, 0.1) is 16.0 Å². The molecule has 2 atom stereocenters. The minimum atomic E-state index is -0.388. The van der Waals surface area contributed by atoms with Crippen molar-refractivity contribution in [3.05, 3.63) is 33.9 Å². The van der Waals surface area contributed by atoms with E-state index in [0.717, 1.165) is 32.4 Å². The van der Waals surface area contributed by atoms with Gasteiger partial charge >= 0.3 is 0 Å². The van der Waals surface area contributed by atoms with Crippen LogP contribution in [0.3, 0.4) is 0 Å². The maximum atomic E-state index is 12.8. The number of carbonyl (C=O) groups excluding carboxylic acids is 1. The lowest BCUT2D eigenvalue weighted by molar-refractivity contribution is -0.384. The number of benzene rings is 1. The van der Waals surface area contributed by atoms with Gasteiger partial charge in [0.25, 0.3) is 11.6 Å². The molecule has 0 radical (unpaired) electrons. The van der Waals surface area contributed by atoms with Gasteiger partial charge in [-0.15, -0.1) is 0 Å². The molecule has 2 heterocycles. The van der Waals surface area contributed by atoms with Gasteiger partial charge in [0.2, 0.25) is 0 Å². The fourth-order valence-electron chi connectivity index (χ4n) is 3.79. The van der Waals surface area contributed by atoms with Gasteiger partial charge < -0.3 is 15.5 Å². The molecule has 0 aromatic heterocycles. The zero-order valence-corrected chi connectivity index (χ0v) is 14.0. The summed E-state index contributed by atoms with van der Waals surface area (Å²) in [6.45, 7) is 4.84. The predicted octanol–water partition coefficient (Wildman–Crippen LogP) is 2.00. The van der Waals surface area contributed by atoms with Crippen molar-refractivity contribution in [2.24, 2.45) is 11.7 Å². The van der Waals surface area contributed by atoms with E-state index in [-0.39, 0.29) is 22.6 Å². The maximum Gasteiger partial charge on any atom is 0.293 e. The Morgan fingerprint density at radius 3 is 2.67 bits per heavy atom. The first-order valence-electron chi connectivity index (χ1n) is 8.55. The van der Waals surface area contributed by atoms with Gasteiger partial charge in [0, 0.05) is 37.3 Å². The molecule has 1 aromatic carbocycles. The van der Waals surface area contributed by atoms with E-state index in [2.05, 4.69) is 0 Å². The average molecular weight is 332 g/mol. The number of nitrogens with zero attached hydrogens (tertiary/aromatic N) is 3. The van der Waals surface area contributed by atoms with Crippen LogP contribution in [-0.4, -0.2) is 48.0 Å². The second-order valence-corrected chi connectivity index (χ2v) is 6.80. The highest BCUT2D eigenvalue weighted by atomic mass is 16.6. The van der Waals surface area contributed by atoms with Gasteiger partial charge in [-0.3, -0.25) is 14.9 Å². The quantitative estimate of drug-likeness (QED) is 0.672. The van der Waals surface area contributed by atoms with E-state index in [1.165, 1.54) is 6.07 Å². The lowest BCUT2D eigenvalue weighted by atomic mass is 10.1. The molecule has 1 amide bonds. The Morgan fingerprint density at radius 2 is 2.08 bits per heavy atom. The molecule has 2 saturated heterocycles. The van der Waals surface area contributed by atoms with Crippen molar-refractivity contribution in [2.75, 3.05) is 31.1 Å². The molecular weight excluding hydrogens is 308 g/mol. The molecular formula is C17H24N4O3. The third-order valence-electron chi connectivity index (χ3n) is 5.12. The molecule has 7 nitrogen and oxygen atoms in total. The SMILES string of the molecule is CC1CC(CN)CN1C(=O)c1ccc(N2CCCC2)c([N+](=O)[O-])c1. The Hall–Kier alpha value is -2.15. The summed E-state index contributed by atoms with van der Waals surface area (Å²) in [5, 5.41) is 11.5. The summed E-state index contributed by atoms with van der Waals surface area (Å²) in [6.07, 6.45) is 2.98. The van der Waals surface area contributed by atoms with Gasteiger partial charge in [0.05, 0.1) is 4.92 Å². The normalized spacial score (nSPS) is 23.8. The van der Waals surface area contributed by atoms with Crippen molar-refractivity contribution in [2.45, 2.75) is 32.2 Å². The molecule has 0 bridgehead atoms. The Morgan fingerprint density at radius 1 is 1.38 bits per heavy atom. The first kappa shape index (κ1) is 16.7. The molecule has 24 heavy (non-hydrogen) atoms. The van der Waals surface area contributed by atoms with E-state index in [0.29, 0.717) is 30.3 Å². The number of nitro groups is 1. The van der Waals surface area contributed by atoms with Gasteiger partial charge in [-0.2, -0.15) is 0 Å². The summed E-state index contributed by atoms with van der Waals surface area (Å²) >= 11 is 0. The number of rotatable bonds is 4. The van der Waals surface area contributed by atoms with Gasteiger partial charge in [0.15, 0.2) is 0 Å². The number of likely N-dealkylation sites (tertiary alicyclic amines) is 1. The highest BCUT2D eigenvalue weighted by molar-refractivity contribution is 5.96. The second-order valence-electron chi connectivity index (χ2n) is 6.80. The molecule has 3 rings (SSSR count). The highest BCUT2D eigenvalue weighted by Crippen LogP contribution is 2.33. The lowest BCUT2D eigenvalue weighted by Gasteiger charge is -2.22. The average Bonchev–Trinajstić information content (AvgIpc) is 3.23. The number of hydrogen-bond donors (Lipinski definition) is 1. The molecule has 2 fully saturated rings. The summed E-state index contributed by atoms with van der Waals surface area (Å²) in [4.78, 5) is 27.7. The predicted molar refractivity (Wildman–Crippen MR) is 92.2 cm³/mol. The summed E-state index contributed by atoms with van der Waals surface area (Å²) < 4.78 is 0. The molecule has 2 aliphatic heterocycles. The topological polar surface area (TPSA) is 92.7 Å². The van der Waals surface area contributed by atoms with Gasteiger partial charge in [0.1, 0.15) is 5.69 Å². The lowest BCUT2D eigenvalue weighted by Crippen LogP contribution is -2.34. The summed E-state index contributed by atoms with van der Waals surface area (Å²) in [6, 6.07) is 4.98. The van der Waals surface area contributed by atoms with Gasteiger partial charge in [-0.1, -0.05) is 0 Å². The third-order valence-corrected chi connectivity index (χ3v) is 5.12. The molecule has 0 aliphatic carbocycles. The third kappa shape index (κ3) is 3.08. The van der Waals surface area contributed by atoms with E-state index >= 15 is 0 Å². The number of nitrogens with two attached hydrogens (primary N) is 1. The van der Waals surface area contributed by atoms with Crippen LogP contribution in [0.5, 0.6) is 0 Å². The Bertz CT molecular complexity index is 643. The molecule has 0 spiro atoms. The van der Waals surface area contributed by atoms with E-state index in [4.69, 9.17) is 5.73 Å². The van der Waals surface area contributed by atoms with Crippen LogP contribution in [0.2, 0.25) is 0 Å². The van der Waals surface area contributed by atoms with Gasteiger partial charge in [-0.05, 0) is 50.8 Å². The highest BCUT2D eigenvalue weighted by Gasteiger charge is 2.33. The molecule has 1 aromatic rings. The smallest absolute Gasteiger partial charge is 0.293 e. The van der Waals surface area contributed by atoms with Crippen LogP contribution in [0.25, 0.3) is 0 Å². The number of nitro benzene ring substituents is 1. The molecule has 130 valence electrons. The molecule has 0 saturated carbocycles. The standard InChI is InChI=1S/C17H24N4O3/c1-12-8-13(10-18)11-20(12)17(22)14-4-5-15(16(9-14)21(23)24)19-6-2-3-7-19/h4-5,9,12-13H,2-3,6-8,10-11,18H2,1H3. The van der Waals surface area contributed by atoms with Crippen molar-refractivity contribution in [1.29, 1.82) is 0 Å².